The second-order valence-corrected chi connectivity index (χ2v) is 3.25. The summed E-state index contributed by atoms with van der Waals surface area (Å²) in [5.74, 6) is 0.938. The summed E-state index contributed by atoms with van der Waals surface area (Å²) in [7, 11) is 1.55. The van der Waals surface area contributed by atoms with Gasteiger partial charge in [-0.15, -0.1) is 0 Å². The monoisotopic (exact) mass is 217 g/mol. The van der Waals surface area contributed by atoms with Crippen LogP contribution in [0.4, 0.5) is 0 Å². The summed E-state index contributed by atoms with van der Waals surface area (Å²) in [4.78, 5) is 14.3. The fraction of sp³-hybridized carbons (Fsp3) is 0.111. The van der Waals surface area contributed by atoms with Crippen molar-refractivity contribution in [2.75, 3.05) is 7.11 Å². The van der Waals surface area contributed by atoms with Crippen molar-refractivity contribution in [3.8, 4) is 5.75 Å². The zero-order valence-corrected chi connectivity index (χ0v) is 8.34. The van der Waals surface area contributed by atoms with Gasteiger partial charge in [0.15, 0.2) is 0 Å². The topological polar surface area (TPSA) is 85.2 Å². The number of tetrazole rings is 1. The van der Waals surface area contributed by atoms with Crippen molar-refractivity contribution < 1.29 is 4.74 Å². The Kier molecular flexibility index (Phi) is 1.67. The largest absolute Gasteiger partial charge is 0.497 e. The van der Waals surface area contributed by atoms with Crippen molar-refractivity contribution in [1.82, 2.24) is 25.0 Å². The molecule has 0 fully saturated rings. The summed E-state index contributed by atoms with van der Waals surface area (Å²) in [6.07, 6.45) is 0. The van der Waals surface area contributed by atoms with Gasteiger partial charge in [0.25, 0.3) is 11.3 Å². The first kappa shape index (κ1) is 8.84. The van der Waals surface area contributed by atoms with Crippen LogP contribution < -0.4 is 10.3 Å². The van der Waals surface area contributed by atoms with Crippen molar-refractivity contribution in [2.24, 2.45) is 0 Å². The first-order valence-electron chi connectivity index (χ1n) is 4.58. The number of nitrogens with zero attached hydrogens (tertiary/aromatic N) is 4. The number of nitrogens with one attached hydrogen (secondary N) is 1. The molecule has 2 aromatic heterocycles. The number of ether oxygens (including phenoxy) is 1. The van der Waals surface area contributed by atoms with E-state index in [0.717, 1.165) is 0 Å². The molecule has 0 unspecified atom stereocenters. The molecular formula is C9H7N5O2. The molecule has 0 saturated carbocycles. The number of hydrogen-bond acceptors (Lipinski definition) is 5. The molecule has 1 aromatic carbocycles. The highest BCUT2D eigenvalue weighted by atomic mass is 16.5. The third-order valence-corrected chi connectivity index (χ3v) is 2.37. The average molecular weight is 217 g/mol. The fourth-order valence-corrected chi connectivity index (χ4v) is 1.60. The first-order chi connectivity index (χ1) is 7.79. The number of benzene rings is 1. The molecule has 0 spiro atoms. The van der Waals surface area contributed by atoms with Crippen LogP contribution >= 0.6 is 0 Å². The summed E-state index contributed by atoms with van der Waals surface area (Å²) in [5, 5.41) is 11.5. The number of methoxy groups -OCH3 is 1. The van der Waals surface area contributed by atoms with E-state index in [-0.39, 0.29) is 5.56 Å². The first-order valence-corrected chi connectivity index (χ1v) is 4.58. The van der Waals surface area contributed by atoms with Gasteiger partial charge in [-0.1, -0.05) is 5.10 Å². The summed E-state index contributed by atoms with van der Waals surface area (Å²) >= 11 is 0. The molecule has 0 amide bonds. The molecule has 2 heterocycles. The SMILES string of the molecule is COc1ccc2c(c1)c(=O)[nH]c1nnnn12. The Morgan fingerprint density at radius 3 is 3.12 bits per heavy atom. The van der Waals surface area contributed by atoms with Crippen molar-refractivity contribution >= 4 is 16.7 Å². The molecule has 16 heavy (non-hydrogen) atoms. The Bertz CT molecular complexity index is 729. The van der Waals surface area contributed by atoms with Gasteiger partial charge in [-0.3, -0.25) is 9.78 Å². The van der Waals surface area contributed by atoms with Crippen molar-refractivity contribution in [1.29, 1.82) is 0 Å². The predicted octanol–water partition coefficient (Wildman–Crippen LogP) is -0.0256. The predicted molar refractivity (Wildman–Crippen MR) is 55.5 cm³/mol. The molecule has 7 nitrogen and oxygen atoms in total. The molecule has 0 atom stereocenters. The van der Waals surface area contributed by atoms with E-state index in [4.69, 9.17) is 4.74 Å². The second kappa shape index (κ2) is 3.02. The molecule has 80 valence electrons. The molecule has 7 heteroatoms. The van der Waals surface area contributed by atoms with E-state index >= 15 is 0 Å². The number of aromatic amines is 1. The van der Waals surface area contributed by atoms with Crippen molar-refractivity contribution in [3.05, 3.63) is 28.6 Å². The van der Waals surface area contributed by atoms with Gasteiger partial charge in [-0.05, 0) is 28.6 Å². The van der Waals surface area contributed by atoms with Crippen LogP contribution in [-0.4, -0.2) is 32.1 Å². The van der Waals surface area contributed by atoms with Gasteiger partial charge in [-0.25, -0.2) is 0 Å². The highest BCUT2D eigenvalue weighted by molar-refractivity contribution is 5.80. The lowest BCUT2D eigenvalue weighted by Gasteiger charge is -2.02. The fourth-order valence-electron chi connectivity index (χ4n) is 1.60. The van der Waals surface area contributed by atoms with Crippen molar-refractivity contribution in [3.63, 3.8) is 0 Å². The van der Waals surface area contributed by atoms with Crippen LogP contribution in [0.3, 0.4) is 0 Å². The van der Waals surface area contributed by atoms with Gasteiger partial charge in [0, 0.05) is 0 Å². The Balaban J connectivity index is 2.55. The maximum Gasteiger partial charge on any atom is 0.260 e. The van der Waals surface area contributed by atoms with Crippen LogP contribution in [0.15, 0.2) is 23.0 Å². The van der Waals surface area contributed by atoms with E-state index in [1.807, 2.05) is 0 Å². The number of rotatable bonds is 1. The van der Waals surface area contributed by atoms with Gasteiger partial charge in [0.1, 0.15) is 5.75 Å². The highest BCUT2D eigenvalue weighted by Crippen LogP contribution is 2.17. The summed E-state index contributed by atoms with van der Waals surface area (Å²) < 4.78 is 6.53. The third-order valence-electron chi connectivity index (χ3n) is 2.37. The van der Waals surface area contributed by atoms with Gasteiger partial charge >= 0.3 is 0 Å². The van der Waals surface area contributed by atoms with Gasteiger partial charge in [0.05, 0.1) is 18.0 Å². The van der Waals surface area contributed by atoms with E-state index in [2.05, 4.69) is 20.5 Å². The quantitative estimate of drug-likeness (QED) is 0.618. The van der Waals surface area contributed by atoms with E-state index < -0.39 is 0 Å². The summed E-state index contributed by atoms with van der Waals surface area (Å²) in [6.45, 7) is 0. The number of fused-ring (bicyclic) bond motifs is 3. The molecule has 0 aliphatic rings. The Morgan fingerprint density at radius 1 is 1.44 bits per heavy atom. The van der Waals surface area contributed by atoms with E-state index in [1.165, 1.54) is 4.52 Å². The van der Waals surface area contributed by atoms with Gasteiger partial charge < -0.3 is 4.74 Å². The maximum atomic E-state index is 11.7. The van der Waals surface area contributed by atoms with E-state index in [1.54, 1.807) is 25.3 Å². The van der Waals surface area contributed by atoms with E-state index in [9.17, 15) is 4.79 Å². The minimum atomic E-state index is -0.240. The molecule has 0 aliphatic carbocycles. The lowest BCUT2D eigenvalue weighted by molar-refractivity contribution is 0.415. The molecular weight excluding hydrogens is 210 g/mol. The lowest BCUT2D eigenvalue weighted by Crippen LogP contribution is -2.10. The Hall–Kier alpha value is -2.44. The minimum absolute atomic E-state index is 0.240. The Morgan fingerprint density at radius 2 is 2.31 bits per heavy atom. The zero-order chi connectivity index (χ0) is 11.1. The lowest BCUT2D eigenvalue weighted by atomic mass is 10.2. The summed E-state index contributed by atoms with van der Waals surface area (Å²) in [6, 6.07) is 5.14. The molecule has 0 bridgehead atoms. The molecule has 0 aliphatic heterocycles. The zero-order valence-electron chi connectivity index (χ0n) is 8.34. The number of aromatic nitrogens is 5. The molecule has 3 aromatic rings. The second-order valence-electron chi connectivity index (χ2n) is 3.25. The smallest absolute Gasteiger partial charge is 0.260 e. The molecule has 0 radical (unpaired) electrons. The number of hydrogen-bond donors (Lipinski definition) is 1. The average Bonchev–Trinajstić information content (AvgIpc) is 2.77. The van der Waals surface area contributed by atoms with E-state index in [0.29, 0.717) is 22.4 Å². The molecule has 1 N–H and O–H groups in total. The van der Waals surface area contributed by atoms with Crippen LogP contribution in [0, 0.1) is 0 Å². The maximum absolute atomic E-state index is 11.7. The van der Waals surface area contributed by atoms with Crippen LogP contribution in [0.1, 0.15) is 0 Å². The Labute approximate surface area is 88.7 Å². The normalized spacial score (nSPS) is 11.1. The van der Waals surface area contributed by atoms with Gasteiger partial charge in [-0.2, -0.15) is 4.52 Å². The van der Waals surface area contributed by atoms with Crippen LogP contribution in [-0.2, 0) is 0 Å². The van der Waals surface area contributed by atoms with Gasteiger partial charge in [0.2, 0.25) is 0 Å². The molecule has 0 saturated heterocycles. The molecule has 3 rings (SSSR count). The minimum Gasteiger partial charge on any atom is -0.497 e. The van der Waals surface area contributed by atoms with Crippen LogP contribution in [0.5, 0.6) is 5.75 Å². The van der Waals surface area contributed by atoms with Crippen LogP contribution in [0.25, 0.3) is 16.7 Å². The third kappa shape index (κ3) is 1.08. The van der Waals surface area contributed by atoms with Crippen molar-refractivity contribution in [2.45, 2.75) is 0 Å². The summed E-state index contributed by atoms with van der Waals surface area (Å²) in [5.41, 5.74) is 0.403. The standard InChI is InChI=1S/C9H7N5O2/c1-16-5-2-3-7-6(4-5)8(15)10-9-11-12-13-14(7)9/h2-4H,1H3,(H,10,11,13,15). The van der Waals surface area contributed by atoms with Crippen LogP contribution in [0.2, 0.25) is 0 Å². The highest BCUT2D eigenvalue weighted by Gasteiger charge is 2.07. The number of H-pyrrole nitrogens is 1.